The second kappa shape index (κ2) is 5.96. The van der Waals surface area contributed by atoms with Crippen molar-refractivity contribution in [3.8, 4) is 0 Å². The van der Waals surface area contributed by atoms with E-state index in [0.717, 1.165) is 25.3 Å². The summed E-state index contributed by atoms with van der Waals surface area (Å²) in [5.74, 6) is 1.36. The predicted molar refractivity (Wildman–Crippen MR) is 92.8 cm³/mol. The summed E-state index contributed by atoms with van der Waals surface area (Å²) in [5.41, 5.74) is 4.04. The van der Waals surface area contributed by atoms with E-state index in [1.807, 2.05) is 0 Å². The van der Waals surface area contributed by atoms with Gasteiger partial charge in [0.15, 0.2) is 9.84 Å². The van der Waals surface area contributed by atoms with Crippen LogP contribution < -0.4 is 4.90 Å². The number of pyridine rings is 1. The first-order valence-electron chi connectivity index (χ1n) is 7.83. The number of aryl methyl sites for hydroxylation is 2. The minimum atomic E-state index is -3.19. The molecule has 0 radical (unpaired) electrons. The molecular formula is C18H22N2O2S. The van der Waals surface area contributed by atoms with Gasteiger partial charge in [0.1, 0.15) is 5.82 Å². The molecule has 1 fully saturated rings. The number of sulfone groups is 1. The van der Waals surface area contributed by atoms with E-state index in [1.165, 1.54) is 29.1 Å². The van der Waals surface area contributed by atoms with Gasteiger partial charge in [-0.05, 0) is 43.5 Å². The molecule has 1 aliphatic heterocycles. The Bertz CT molecular complexity index is 813. The largest absolute Gasteiger partial charge is 0.356 e. The zero-order valence-electron chi connectivity index (χ0n) is 13.8. The monoisotopic (exact) mass is 330 g/mol. The van der Waals surface area contributed by atoms with Gasteiger partial charge in [0.05, 0.1) is 4.90 Å². The fourth-order valence-corrected chi connectivity index (χ4v) is 3.84. The Hall–Kier alpha value is -1.88. The minimum Gasteiger partial charge on any atom is -0.356 e. The highest BCUT2D eigenvalue weighted by Crippen LogP contribution is 2.32. The van der Waals surface area contributed by atoms with Gasteiger partial charge in [-0.3, -0.25) is 0 Å². The molecule has 0 saturated carbocycles. The van der Waals surface area contributed by atoms with E-state index in [9.17, 15) is 8.42 Å². The molecule has 2 aromatic rings. The Labute approximate surface area is 138 Å². The lowest BCUT2D eigenvalue weighted by molar-refractivity contribution is 0.601. The van der Waals surface area contributed by atoms with Gasteiger partial charge in [0.25, 0.3) is 0 Å². The van der Waals surface area contributed by atoms with Crippen LogP contribution in [0.3, 0.4) is 0 Å². The van der Waals surface area contributed by atoms with Crippen molar-refractivity contribution in [1.82, 2.24) is 4.98 Å². The van der Waals surface area contributed by atoms with Crippen molar-refractivity contribution in [3.05, 3.63) is 53.2 Å². The van der Waals surface area contributed by atoms with Crippen LogP contribution in [0.2, 0.25) is 0 Å². The molecular weight excluding hydrogens is 308 g/mol. The number of hydrogen-bond acceptors (Lipinski definition) is 4. The molecule has 1 aromatic carbocycles. The summed E-state index contributed by atoms with van der Waals surface area (Å²) in [6.45, 7) is 6.16. The van der Waals surface area contributed by atoms with E-state index in [0.29, 0.717) is 5.92 Å². The highest BCUT2D eigenvalue weighted by Gasteiger charge is 2.26. The number of anilines is 1. The Morgan fingerprint density at radius 3 is 2.57 bits per heavy atom. The number of aromatic nitrogens is 1. The molecule has 0 amide bonds. The van der Waals surface area contributed by atoms with Gasteiger partial charge in [0.2, 0.25) is 0 Å². The van der Waals surface area contributed by atoms with E-state index >= 15 is 0 Å². The molecule has 23 heavy (non-hydrogen) atoms. The van der Waals surface area contributed by atoms with Crippen molar-refractivity contribution >= 4 is 15.7 Å². The van der Waals surface area contributed by atoms with Crippen LogP contribution in [-0.2, 0) is 9.84 Å². The van der Waals surface area contributed by atoms with Gasteiger partial charge in [-0.25, -0.2) is 13.4 Å². The Kier molecular flexibility index (Phi) is 4.15. The lowest BCUT2D eigenvalue weighted by Crippen LogP contribution is -2.20. The number of nitrogens with zero attached hydrogens (tertiary/aromatic N) is 2. The Morgan fingerprint density at radius 1 is 1.17 bits per heavy atom. The molecule has 3 rings (SSSR count). The summed E-state index contributed by atoms with van der Waals surface area (Å²) in [7, 11) is -3.19. The zero-order valence-corrected chi connectivity index (χ0v) is 14.6. The summed E-state index contributed by atoms with van der Waals surface area (Å²) >= 11 is 0. The summed E-state index contributed by atoms with van der Waals surface area (Å²) in [4.78, 5) is 6.84. The second-order valence-corrected chi connectivity index (χ2v) is 8.43. The van der Waals surface area contributed by atoms with Crippen molar-refractivity contribution in [2.24, 2.45) is 0 Å². The predicted octanol–water partition coefficient (Wildman–Crippen LogP) is 3.10. The highest BCUT2D eigenvalue weighted by atomic mass is 32.2. The maximum Gasteiger partial charge on any atom is 0.177 e. The van der Waals surface area contributed by atoms with Gasteiger partial charge in [0, 0.05) is 31.5 Å². The van der Waals surface area contributed by atoms with Crippen LogP contribution in [0.25, 0.3) is 0 Å². The first kappa shape index (κ1) is 16.0. The third kappa shape index (κ3) is 3.39. The van der Waals surface area contributed by atoms with Crippen LogP contribution in [0.4, 0.5) is 5.82 Å². The summed E-state index contributed by atoms with van der Waals surface area (Å²) in [6.07, 6.45) is 3.75. The van der Waals surface area contributed by atoms with Crippen LogP contribution >= 0.6 is 0 Å². The van der Waals surface area contributed by atoms with Crippen LogP contribution in [0.1, 0.15) is 29.0 Å². The fourth-order valence-electron chi connectivity index (χ4n) is 3.28. The Morgan fingerprint density at radius 2 is 1.96 bits per heavy atom. The van der Waals surface area contributed by atoms with E-state index in [2.05, 4.69) is 41.9 Å². The molecule has 1 unspecified atom stereocenters. The topological polar surface area (TPSA) is 50.3 Å². The number of rotatable bonds is 3. The molecule has 1 aliphatic rings. The van der Waals surface area contributed by atoms with E-state index in [-0.39, 0.29) is 4.90 Å². The minimum absolute atomic E-state index is 0.270. The SMILES string of the molecule is Cc1ccc(C2CCN(c3ccc(S(C)(=O)=O)cn3)C2)c(C)c1. The number of hydrogen-bond donors (Lipinski definition) is 0. The average molecular weight is 330 g/mol. The number of benzene rings is 1. The lowest BCUT2D eigenvalue weighted by atomic mass is 9.93. The summed E-state index contributed by atoms with van der Waals surface area (Å²) in [5, 5.41) is 0. The maximum atomic E-state index is 11.5. The van der Waals surface area contributed by atoms with E-state index in [4.69, 9.17) is 0 Å². The molecule has 4 nitrogen and oxygen atoms in total. The van der Waals surface area contributed by atoms with Gasteiger partial charge in [-0.2, -0.15) is 0 Å². The van der Waals surface area contributed by atoms with Gasteiger partial charge in [-0.15, -0.1) is 0 Å². The normalized spacial score (nSPS) is 18.4. The van der Waals surface area contributed by atoms with E-state index in [1.54, 1.807) is 12.1 Å². The van der Waals surface area contributed by atoms with Crippen molar-refractivity contribution in [2.75, 3.05) is 24.2 Å². The Balaban J connectivity index is 1.77. The fraction of sp³-hybridized carbons (Fsp3) is 0.389. The molecule has 1 saturated heterocycles. The summed E-state index contributed by atoms with van der Waals surface area (Å²) < 4.78 is 23.0. The molecule has 0 aliphatic carbocycles. The molecule has 1 aromatic heterocycles. The zero-order chi connectivity index (χ0) is 16.6. The summed E-state index contributed by atoms with van der Waals surface area (Å²) in [6, 6.07) is 10.1. The van der Waals surface area contributed by atoms with Crippen LogP contribution in [0.15, 0.2) is 41.4 Å². The smallest absolute Gasteiger partial charge is 0.177 e. The van der Waals surface area contributed by atoms with E-state index < -0.39 is 9.84 Å². The lowest BCUT2D eigenvalue weighted by Gasteiger charge is -2.18. The third-order valence-corrected chi connectivity index (χ3v) is 5.62. The maximum absolute atomic E-state index is 11.5. The van der Waals surface area contributed by atoms with Crippen molar-refractivity contribution in [2.45, 2.75) is 31.1 Å². The highest BCUT2D eigenvalue weighted by molar-refractivity contribution is 7.90. The van der Waals surface area contributed by atoms with Gasteiger partial charge < -0.3 is 4.90 Å². The molecule has 0 spiro atoms. The molecule has 2 heterocycles. The van der Waals surface area contributed by atoms with Crippen LogP contribution in [0.5, 0.6) is 0 Å². The third-order valence-electron chi connectivity index (χ3n) is 4.53. The molecule has 5 heteroatoms. The standard InChI is InChI=1S/C18H22N2O2S/c1-13-4-6-17(14(2)10-13)15-8-9-20(12-15)18-7-5-16(11-19-18)23(3,21)22/h4-7,10-11,15H,8-9,12H2,1-3H3. The molecule has 122 valence electrons. The quantitative estimate of drug-likeness (QED) is 0.868. The van der Waals surface area contributed by atoms with Crippen molar-refractivity contribution in [1.29, 1.82) is 0 Å². The van der Waals surface area contributed by atoms with Gasteiger partial charge >= 0.3 is 0 Å². The van der Waals surface area contributed by atoms with Crippen molar-refractivity contribution < 1.29 is 8.42 Å². The first-order valence-corrected chi connectivity index (χ1v) is 9.72. The average Bonchev–Trinajstić information content (AvgIpc) is 2.96. The van der Waals surface area contributed by atoms with Crippen molar-refractivity contribution in [3.63, 3.8) is 0 Å². The molecule has 1 atom stereocenters. The van der Waals surface area contributed by atoms with Crippen LogP contribution in [0, 0.1) is 13.8 Å². The van der Waals surface area contributed by atoms with Gasteiger partial charge in [-0.1, -0.05) is 23.8 Å². The second-order valence-electron chi connectivity index (χ2n) is 6.42. The first-order chi connectivity index (χ1) is 10.8. The molecule has 0 bridgehead atoms. The molecule has 0 N–H and O–H groups in total. The van der Waals surface area contributed by atoms with Crippen LogP contribution in [-0.4, -0.2) is 32.7 Å².